The number of benzene rings is 1. The number of hydrogen-bond donors (Lipinski definition) is 2. The SMILES string of the molecule is CSC(C)(C)CNS(=O)(=O)c1c(Cl)cc(N)cc1Cl. The molecular formula is C11H16Cl2N2O2S2. The number of hydrogen-bond acceptors (Lipinski definition) is 4. The zero-order valence-electron chi connectivity index (χ0n) is 10.8. The van der Waals surface area contributed by atoms with Gasteiger partial charge in [0, 0.05) is 17.0 Å². The van der Waals surface area contributed by atoms with Gasteiger partial charge in [-0.2, -0.15) is 11.8 Å². The maximum atomic E-state index is 12.2. The van der Waals surface area contributed by atoms with E-state index >= 15 is 0 Å². The van der Waals surface area contributed by atoms with Crippen LogP contribution >= 0.6 is 35.0 Å². The molecule has 0 amide bonds. The van der Waals surface area contributed by atoms with E-state index in [0.29, 0.717) is 5.69 Å². The fourth-order valence-corrected chi connectivity index (χ4v) is 4.00. The van der Waals surface area contributed by atoms with Crippen LogP contribution in [0.5, 0.6) is 0 Å². The van der Waals surface area contributed by atoms with Crippen molar-refractivity contribution in [2.24, 2.45) is 0 Å². The minimum Gasteiger partial charge on any atom is -0.399 e. The molecule has 8 heteroatoms. The first-order valence-electron chi connectivity index (χ1n) is 5.38. The fourth-order valence-electron chi connectivity index (χ4n) is 1.25. The van der Waals surface area contributed by atoms with Crippen molar-refractivity contribution in [3.63, 3.8) is 0 Å². The molecule has 1 aromatic rings. The van der Waals surface area contributed by atoms with Gasteiger partial charge in [-0.3, -0.25) is 0 Å². The molecule has 0 heterocycles. The first-order chi connectivity index (χ1) is 8.59. The lowest BCUT2D eigenvalue weighted by Gasteiger charge is -2.22. The van der Waals surface area contributed by atoms with Gasteiger partial charge in [0.25, 0.3) is 0 Å². The van der Waals surface area contributed by atoms with Crippen LogP contribution < -0.4 is 10.5 Å². The summed E-state index contributed by atoms with van der Waals surface area (Å²) in [4.78, 5) is -0.137. The molecule has 19 heavy (non-hydrogen) atoms. The lowest BCUT2D eigenvalue weighted by molar-refractivity contribution is 0.571. The molecule has 0 atom stereocenters. The number of thioether (sulfide) groups is 1. The molecule has 0 aliphatic rings. The van der Waals surface area contributed by atoms with Crippen LogP contribution in [0.2, 0.25) is 10.0 Å². The van der Waals surface area contributed by atoms with E-state index in [1.807, 2.05) is 20.1 Å². The molecular weight excluding hydrogens is 327 g/mol. The molecule has 4 nitrogen and oxygen atoms in total. The summed E-state index contributed by atoms with van der Waals surface area (Å²) in [7, 11) is -3.76. The van der Waals surface area contributed by atoms with Gasteiger partial charge in [0.1, 0.15) is 4.90 Å². The third-order valence-electron chi connectivity index (χ3n) is 2.53. The minimum absolute atomic E-state index is 0.0134. The van der Waals surface area contributed by atoms with E-state index < -0.39 is 10.0 Å². The molecule has 0 aliphatic carbocycles. The molecule has 0 fully saturated rings. The molecule has 0 saturated carbocycles. The quantitative estimate of drug-likeness (QED) is 0.806. The Morgan fingerprint density at radius 2 is 1.79 bits per heavy atom. The van der Waals surface area contributed by atoms with Gasteiger partial charge in [-0.05, 0) is 32.2 Å². The molecule has 0 bridgehead atoms. The van der Waals surface area contributed by atoms with Crippen molar-refractivity contribution in [2.45, 2.75) is 23.5 Å². The highest BCUT2D eigenvalue weighted by Crippen LogP contribution is 2.32. The van der Waals surface area contributed by atoms with Crippen LogP contribution in [0.3, 0.4) is 0 Å². The lowest BCUT2D eigenvalue weighted by Crippen LogP contribution is -2.36. The van der Waals surface area contributed by atoms with Crippen molar-refractivity contribution in [1.82, 2.24) is 4.72 Å². The fraction of sp³-hybridized carbons (Fsp3) is 0.455. The molecule has 0 aromatic heterocycles. The number of halogens is 2. The predicted molar refractivity (Wildman–Crippen MR) is 83.7 cm³/mol. The second-order valence-corrected chi connectivity index (χ2v) is 8.63. The van der Waals surface area contributed by atoms with Crippen LogP contribution in [0.15, 0.2) is 17.0 Å². The Morgan fingerprint density at radius 1 is 1.32 bits per heavy atom. The van der Waals surface area contributed by atoms with Crippen molar-refractivity contribution in [3.05, 3.63) is 22.2 Å². The third-order valence-corrected chi connectivity index (χ3v) is 6.10. The van der Waals surface area contributed by atoms with Crippen molar-refractivity contribution in [3.8, 4) is 0 Å². The van der Waals surface area contributed by atoms with E-state index in [-0.39, 0.29) is 26.2 Å². The van der Waals surface area contributed by atoms with E-state index in [1.165, 1.54) is 12.1 Å². The Balaban J connectivity index is 3.09. The highest BCUT2D eigenvalue weighted by atomic mass is 35.5. The van der Waals surface area contributed by atoms with Crippen LogP contribution in [0.4, 0.5) is 5.69 Å². The van der Waals surface area contributed by atoms with Gasteiger partial charge in [0.2, 0.25) is 10.0 Å². The standard InChI is InChI=1S/C11H16Cl2N2O2S2/c1-11(2,18-3)6-15-19(16,17)10-8(12)4-7(14)5-9(10)13/h4-5,15H,6,14H2,1-3H3. The molecule has 108 valence electrons. The number of nitrogen functional groups attached to an aromatic ring is 1. The Kier molecular flexibility index (Phi) is 5.43. The normalized spacial score (nSPS) is 12.7. The summed E-state index contributed by atoms with van der Waals surface area (Å²) in [6, 6.07) is 2.73. The molecule has 1 rings (SSSR count). The van der Waals surface area contributed by atoms with Crippen molar-refractivity contribution < 1.29 is 8.42 Å². The molecule has 0 radical (unpaired) electrons. The Morgan fingerprint density at radius 3 is 2.21 bits per heavy atom. The minimum atomic E-state index is -3.76. The summed E-state index contributed by atoms with van der Waals surface area (Å²) >= 11 is 13.4. The molecule has 3 N–H and O–H groups in total. The highest BCUT2D eigenvalue weighted by molar-refractivity contribution is 8.00. The van der Waals surface area contributed by atoms with Crippen LogP contribution in [0, 0.1) is 0 Å². The van der Waals surface area contributed by atoms with Gasteiger partial charge in [-0.25, -0.2) is 13.1 Å². The average Bonchev–Trinajstić information content (AvgIpc) is 2.25. The number of sulfonamides is 1. The zero-order valence-corrected chi connectivity index (χ0v) is 14.0. The van der Waals surface area contributed by atoms with E-state index in [9.17, 15) is 8.42 Å². The molecule has 0 spiro atoms. The summed E-state index contributed by atoms with van der Waals surface area (Å²) in [6.07, 6.45) is 1.91. The maximum absolute atomic E-state index is 12.2. The van der Waals surface area contributed by atoms with Gasteiger partial charge in [-0.15, -0.1) is 0 Å². The molecule has 0 unspecified atom stereocenters. The third kappa shape index (κ3) is 4.43. The lowest BCUT2D eigenvalue weighted by atomic mass is 10.2. The Labute approximate surface area is 128 Å². The van der Waals surface area contributed by atoms with Crippen molar-refractivity contribution >= 4 is 50.7 Å². The van der Waals surface area contributed by atoms with Crippen LogP contribution in [0.25, 0.3) is 0 Å². The smallest absolute Gasteiger partial charge is 0.243 e. The maximum Gasteiger partial charge on any atom is 0.243 e. The Bertz CT molecular complexity index is 551. The number of nitrogens with one attached hydrogen (secondary N) is 1. The molecule has 0 aliphatic heterocycles. The van der Waals surface area contributed by atoms with E-state index in [0.717, 1.165) is 0 Å². The summed E-state index contributed by atoms with van der Waals surface area (Å²) in [5, 5.41) is 0.0268. The second kappa shape index (κ2) is 6.10. The topological polar surface area (TPSA) is 72.2 Å². The summed E-state index contributed by atoms with van der Waals surface area (Å²) in [5.74, 6) is 0. The zero-order chi connectivity index (χ0) is 14.8. The van der Waals surface area contributed by atoms with Gasteiger partial charge in [0.15, 0.2) is 0 Å². The highest BCUT2D eigenvalue weighted by Gasteiger charge is 2.25. The molecule has 1 aromatic carbocycles. The van der Waals surface area contributed by atoms with Gasteiger partial charge in [0.05, 0.1) is 10.0 Å². The van der Waals surface area contributed by atoms with E-state index in [1.54, 1.807) is 11.8 Å². The summed E-state index contributed by atoms with van der Waals surface area (Å²) in [5.41, 5.74) is 5.87. The number of anilines is 1. The summed E-state index contributed by atoms with van der Waals surface area (Å²) in [6.45, 7) is 4.15. The van der Waals surface area contributed by atoms with Gasteiger partial charge >= 0.3 is 0 Å². The van der Waals surface area contributed by atoms with Crippen LogP contribution in [-0.4, -0.2) is 26.0 Å². The van der Waals surface area contributed by atoms with E-state index in [4.69, 9.17) is 28.9 Å². The first-order valence-corrected chi connectivity index (χ1v) is 8.85. The van der Waals surface area contributed by atoms with Crippen LogP contribution in [-0.2, 0) is 10.0 Å². The Hall–Kier alpha value is -0.140. The number of rotatable bonds is 5. The monoisotopic (exact) mass is 342 g/mol. The average molecular weight is 343 g/mol. The predicted octanol–water partition coefficient (Wildman–Crippen LogP) is 3.00. The van der Waals surface area contributed by atoms with Gasteiger partial charge < -0.3 is 5.73 Å². The summed E-state index contributed by atoms with van der Waals surface area (Å²) < 4.78 is 26.7. The largest absolute Gasteiger partial charge is 0.399 e. The van der Waals surface area contributed by atoms with Crippen molar-refractivity contribution in [2.75, 3.05) is 18.5 Å². The first kappa shape index (κ1) is 16.9. The van der Waals surface area contributed by atoms with Crippen molar-refractivity contribution in [1.29, 1.82) is 0 Å². The van der Waals surface area contributed by atoms with Crippen LogP contribution in [0.1, 0.15) is 13.8 Å². The van der Waals surface area contributed by atoms with Gasteiger partial charge in [-0.1, -0.05) is 23.2 Å². The second-order valence-electron chi connectivity index (χ2n) is 4.60. The van der Waals surface area contributed by atoms with E-state index in [2.05, 4.69) is 4.72 Å². The number of nitrogens with two attached hydrogens (primary N) is 1. The molecule has 0 saturated heterocycles.